The monoisotopic (exact) mass is 295 g/mol. The second kappa shape index (κ2) is 6.22. The number of hydrogen-bond donors (Lipinski definition) is 0. The van der Waals surface area contributed by atoms with Gasteiger partial charge in [0.2, 0.25) is 0 Å². The summed E-state index contributed by atoms with van der Waals surface area (Å²) in [5.74, 6) is 0.741. The fourth-order valence-electron chi connectivity index (χ4n) is 2.97. The molecular formula is C19H21NO2. The van der Waals surface area contributed by atoms with E-state index in [9.17, 15) is 4.79 Å². The number of carbonyl (C=O) groups excluding carboxylic acids is 1. The predicted molar refractivity (Wildman–Crippen MR) is 88.2 cm³/mol. The van der Waals surface area contributed by atoms with Gasteiger partial charge in [-0.2, -0.15) is 0 Å². The molecule has 0 aliphatic carbocycles. The van der Waals surface area contributed by atoms with Crippen LogP contribution < -0.4 is 9.64 Å². The van der Waals surface area contributed by atoms with Crippen molar-refractivity contribution in [2.45, 2.75) is 38.8 Å². The number of para-hydroxylation sites is 2. The second-order valence-corrected chi connectivity index (χ2v) is 5.80. The maximum absolute atomic E-state index is 12.9. The fourth-order valence-corrected chi connectivity index (χ4v) is 2.97. The van der Waals surface area contributed by atoms with E-state index in [1.165, 1.54) is 5.56 Å². The summed E-state index contributed by atoms with van der Waals surface area (Å²) >= 11 is 0. The van der Waals surface area contributed by atoms with Crippen molar-refractivity contribution >= 4 is 11.6 Å². The van der Waals surface area contributed by atoms with Gasteiger partial charge < -0.3 is 9.64 Å². The lowest BCUT2D eigenvalue weighted by Gasteiger charge is -2.36. The summed E-state index contributed by atoms with van der Waals surface area (Å²) in [7, 11) is 0. The molecule has 1 heterocycles. The molecule has 0 fully saturated rings. The van der Waals surface area contributed by atoms with Crippen LogP contribution in [0.4, 0.5) is 5.69 Å². The van der Waals surface area contributed by atoms with Crippen LogP contribution in [0.25, 0.3) is 0 Å². The SMILES string of the molecule is CC(Oc1ccccc1)C(=O)N1c2ccccc2CCC1C. The molecular weight excluding hydrogens is 274 g/mol. The van der Waals surface area contributed by atoms with Gasteiger partial charge in [-0.05, 0) is 50.5 Å². The van der Waals surface area contributed by atoms with Gasteiger partial charge in [-0.1, -0.05) is 36.4 Å². The number of carbonyl (C=O) groups is 1. The Hall–Kier alpha value is -2.29. The van der Waals surface area contributed by atoms with Crippen molar-refractivity contribution in [1.82, 2.24) is 0 Å². The quantitative estimate of drug-likeness (QED) is 0.861. The van der Waals surface area contributed by atoms with Gasteiger partial charge in [-0.3, -0.25) is 4.79 Å². The average molecular weight is 295 g/mol. The zero-order valence-corrected chi connectivity index (χ0v) is 13.0. The Balaban J connectivity index is 1.82. The van der Waals surface area contributed by atoms with Crippen LogP contribution in [0, 0.1) is 0 Å². The molecule has 3 heteroatoms. The van der Waals surface area contributed by atoms with E-state index in [0.717, 1.165) is 24.3 Å². The minimum atomic E-state index is -0.504. The number of hydrogen-bond acceptors (Lipinski definition) is 2. The van der Waals surface area contributed by atoms with E-state index >= 15 is 0 Å². The zero-order valence-electron chi connectivity index (χ0n) is 13.0. The molecule has 0 N–H and O–H groups in total. The molecule has 0 spiro atoms. The first-order chi connectivity index (χ1) is 10.7. The second-order valence-electron chi connectivity index (χ2n) is 5.80. The molecule has 0 radical (unpaired) electrons. The standard InChI is InChI=1S/C19H21NO2/c1-14-12-13-16-8-6-7-11-18(16)20(14)19(21)15(2)22-17-9-4-3-5-10-17/h3-11,14-15H,12-13H2,1-2H3. The van der Waals surface area contributed by atoms with E-state index in [1.807, 2.05) is 60.4 Å². The van der Waals surface area contributed by atoms with Gasteiger partial charge in [0.1, 0.15) is 5.75 Å². The molecule has 3 rings (SSSR count). The summed E-state index contributed by atoms with van der Waals surface area (Å²) in [4.78, 5) is 14.8. The molecule has 1 aliphatic heterocycles. The summed E-state index contributed by atoms with van der Waals surface area (Å²) in [5.41, 5.74) is 2.26. The number of benzene rings is 2. The minimum Gasteiger partial charge on any atom is -0.481 e. The van der Waals surface area contributed by atoms with Gasteiger partial charge in [-0.15, -0.1) is 0 Å². The van der Waals surface area contributed by atoms with Gasteiger partial charge in [0, 0.05) is 11.7 Å². The van der Waals surface area contributed by atoms with Crippen LogP contribution in [-0.4, -0.2) is 18.1 Å². The van der Waals surface area contributed by atoms with Gasteiger partial charge in [0.15, 0.2) is 6.10 Å². The summed E-state index contributed by atoms with van der Waals surface area (Å²) < 4.78 is 5.80. The van der Waals surface area contributed by atoms with Crippen molar-refractivity contribution in [2.24, 2.45) is 0 Å². The molecule has 0 saturated carbocycles. The van der Waals surface area contributed by atoms with Gasteiger partial charge in [-0.25, -0.2) is 0 Å². The highest BCUT2D eigenvalue weighted by atomic mass is 16.5. The van der Waals surface area contributed by atoms with Crippen molar-refractivity contribution < 1.29 is 9.53 Å². The Labute approximate surface area is 131 Å². The topological polar surface area (TPSA) is 29.5 Å². The van der Waals surface area contributed by atoms with E-state index in [0.29, 0.717) is 0 Å². The number of fused-ring (bicyclic) bond motifs is 1. The van der Waals surface area contributed by atoms with Crippen molar-refractivity contribution in [3.05, 3.63) is 60.2 Å². The summed E-state index contributed by atoms with van der Waals surface area (Å²) in [6, 6.07) is 17.8. The lowest BCUT2D eigenvalue weighted by molar-refractivity contribution is -0.125. The number of rotatable bonds is 3. The first kappa shape index (κ1) is 14.6. The van der Waals surface area contributed by atoms with Crippen molar-refractivity contribution in [1.29, 1.82) is 0 Å². The third kappa shape index (κ3) is 2.84. The predicted octanol–water partition coefficient (Wildman–Crippen LogP) is 3.82. The van der Waals surface area contributed by atoms with Crippen LogP contribution in [0.5, 0.6) is 5.75 Å². The molecule has 1 aliphatic rings. The molecule has 3 nitrogen and oxygen atoms in total. The van der Waals surface area contributed by atoms with E-state index in [4.69, 9.17) is 4.74 Å². The zero-order chi connectivity index (χ0) is 15.5. The number of aryl methyl sites for hydroxylation is 1. The van der Waals surface area contributed by atoms with E-state index in [2.05, 4.69) is 13.0 Å². The smallest absolute Gasteiger partial charge is 0.268 e. The van der Waals surface area contributed by atoms with Crippen LogP contribution >= 0.6 is 0 Å². The lowest BCUT2D eigenvalue weighted by atomic mass is 9.96. The van der Waals surface area contributed by atoms with Crippen LogP contribution in [0.15, 0.2) is 54.6 Å². The highest BCUT2D eigenvalue weighted by Gasteiger charge is 2.31. The largest absolute Gasteiger partial charge is 0.481 e. The maximum Gasteiger partial charge on any atom is 0.268 e. The Morgan fingerprint density at radius 1 is 1.14 bits per heavy atom. The lowest BCUT2D eigenvalue weighted by Crippen LogP contribution is -2.47. The Kier molecular flexibility index (Phi) is 4.14. The Morgan fingerprint density at radius 3 is 2.59 bits per heavy atom. The molecule has 22 heavy (non-hydrogen) atoms. The first-order valence-electron chi connectivity index (χ1n) is 7.79. The van der Waals surface area contributed by atoms with Crippen molar-refractivity contribution in [2.75, 3.05) is 4.90 Å². The summed E-state index contributed by atoms with van der Waals surface area (Å²) in [6.07, 6.45) is 1.51. The molecule has 1 amide bonds. The molecule has 2 unspecified atom stereocenters. The van der Waals surface area contributed by atoms with Gasteiger partial charge in [0.25, 0.3) is 5.91 Å². The minimum absolute atomic E-state index is 0.0171. The molecule has 2 aromatic carbocycles. The fraction of sp³-hybridized carbons (Fsp3) is 0.316. The molecule has 0 bridgehead atoms. The molecule has 0 saturated heterocycles. The van der Waals surface area contributed by atoms with Crippen LogP contribution in [-0.2, 0) is 11.2 Å². The summed E-state index contributed by atoms with van der Waals surface area (Å²) in [6.45, 7) is 3.92. The van der Waals surface area contributed by atoms with Crippen molar-refractivity contribution in [3.8, 4) is 5.75 Å². The van der Waals surface area contributed by atoms with Crippen molar-refractivity contribution in [3.63, 3.8) is 0 Å². The molecule has 0 aromatic heterocycles. The molecule has 114 valence electrons. The van der Waals surface area contributed by atoms with Crippen LogP contribution in [0.2, 0.25) is 0 Å². The van der Waals surface area contributed by atoms with E-state index < -0.39 is 6.10 Å². The first-order valence-corrected chi connectivity index (χ1v) is 7.79. The van der Waals surface area contributed by atoms with Gasteiger partial charge >= 0.3 is 0 Å². The van der Waals surface area contributed by atoms with Gasteiger partial charge in [0.05, 0.1) is 0 Å². The number of nitrogens with zero attached hydrogens (tertiary/aromatic N) is 1. The normalized spacial score (nSPS) is 18.5. The number of amides is 1. The molecule has 2 atom stereocenters. The third-order valence-corrected chi connectivity index (χ3v) is 4.16. The van der Waals surface area contributed by atoms with E-state index in [-0.39, 0.29) is 11.9 Å². The highest BCUT2D eigenvalue weighted by molar-refractivity contribution is 5.98. The molecule has 2 aromatic rings. The van der Waals surface area contributed by atoms with Crippen LogP contribution in [0.1, 0.15) is 25.8 Å². The maximum atomic E-state index is 12.9. The average Bonchev–Trinajstić information content (AvgIpc) is 2.55. The number of ether oxygens (including phenoxy) is 1. The van der Waals surface area contributed by atoms with E-state index in [1.54, 1.807) is 0 Å². The Bertz CT molecular complexity index is 653. The summed E-state index contributed by atoms with van der Waals surface area (Å²) in [5, 5.41) is 0. The number of anilines is 1. The van der Waals surface area contributed by atoms with Crippen LogP contribution in [0.3, 0.4) is 0 Å². The highest BCUT2D eigenvalue weighted by Crippen LogP contribution is 2.31. The third-order valence-electron chi connectivity index (χ3n) is 4.16. The Morgan fingerprint density at radius 2 is 1.82 bits per heavy atom.